The lowest BCUT2D eigenvalue weighted by Gasteiger charge is -2.29. The Morgan fingerprint density at radius 3 is 2.91 bits per heavy atom. The molecule has 0 unspecified atom stereocenters. The number of halogens is 1. The maximum atomic E-state index is 14.4. The highest BCUT2D eigenvalue weighted by atomic mass is 19.1. The number of aliphatic hydroxyl groups is 1. The molecular weight excluding hydrogens is 279 g/mol. The van der Waals surface area contributed by atoms with E-state index in [2.05, 4.69) is 4.98 Å². The van der Waals surface area contributed by atoms with Crippen LogP contribution < -0.4 is 0 Å². The first-order chi connectivity index (χ1) is 10.8. The largest absolute Gasteiger partial charge is 0.393 e. The maximum Gasteiger partial charge on any atom is 0.129 e. The average Bonchev–Trinajstić information content (AvgIpc) is 3.12. The molecule has 1 aromatic carbocycles. The summed E-state index contributed by atoms with van der Waals surface area (Å²) in [7, 11) is 0. The number of aliphatic hydroxyl groups excluding tert-OH is 1. The van der Waals surface area contributed by atoms with Crippen LogP contribution in [0.25, 0.3) is 11.3 Å². The molecule has 2 aromatic rings. The van der Waals surface area contributed by atoms with Crippen LogP contribution in [-0.4, -0.2) is 20.8 Å². The third kappa shape index (κ3) is 2.17. The van der Waals surface area contributed by atoms with Gasteiger partial charge in [-0.25, -0.2) is 9.37 Å². The van der Waals surface area contributed by atoms with E-state index in [4.69, 9.17) is 0 Å². The zero-order valence-electron chi connectivity index (χ0n) is 12.6. The van der Waals surface area contributed by atoms with Crippen molar-refractivity contribution in [3.8, 4) is 11.3 Å². The van der Waals surface area contributed by atoms with E-state index in [1.165, 1.54) is 25.3 Å². The van der Waals surface area contributed by atoms with Crippen LogP contribution >= 0.6 is 0 Å². The van der Waals surface area contributed by atoms with Crippen molar-refractivity contribution in [2.75, 3.05) is 0 Å². The van der Waals surface area contributed by atoms with Gasteiger partial charge < -0.3 is 9.67 Å². The Hall–Kier alpha value is -1.68. The summed E-state index contributed by atoms with van der Waals surface area (Å²) >= 11 is 0. The lowest BCUT2D eigenvalue weighted by Crippen LogP contribution is -2.26. The fraction of sp³-hybridized carbons (Fsp3) is 0.500. The summed E-state index contributed by atoms with van der Waals surface area (Å²) in [6.45, 7) is 0. The van der Waals surface area contributed by atoms with Crippen LogP contribution in [0.5, 0.6) is 0 Å². The molecule has 3 nitrogen and oxygen atoms in total. The first kappa shape index (κ1) is 13.9. The molecule has 2 aliphatic rings. The second-order valence-corrected chi connectivity index (χ2v) is 6.60. The number of imidazole rings is 1. The minimum atomic E-state index is -0.369. The molecule has 22 heavy (non-hydrogen) atoms. The topological polar surface area (TPSA) is 38.1 Å². The van der Waals surface area contributed by atoms with Gasteiger partial charge in [-0.05, 0) is 31.2 Å². The first-order valence-corrected chi connectivity index (χ1v) is 8.24. The Morgan fingerprint density at radius 1 is 1.27 bits per heavy atom. The summed E-state index contributed by atoms with van der Waals surface area (Å²) in [5.41, 5.74) is 2.59. The smallest absolute Gasteiger partial charge is 0.129 e. The van der Waals surface area contributed by atoms with Gasteiger partial charge in [0.15, 0.2) is 0 Å². The summed E-state index contributed by atoms with van der Waals surface area (Å²) in [6.07, 6.45) is 9.60. The van der Waals surface area contributed by atoms with Gasteiger partial charge >= 0.3 is 0 Å². The number of rotatable bonds is 3. The van der Waals surface area contributed by atoms with Gasteiger partial charge in [0.1, 0.15) is 5.82 Å². The van der Waals surface area contributed by atoms with Gasteiger partial charge in [-0.3, -0.25) is 0 Å². The van der Waals surface area contributed by atoms with Crippen molar-refractivity contribution in [1.29, 1.82) is 0 Å². The average molecular weight is 300 g/mol. The Balaban J connectivity index is 1.65. The van der Waals surface area contributed by atoms with Gasteiger partial charge in [-0.15, -0.1) is 0 Å². The summed E-state index contributed by atoms with van der Waals surface area (Å²) in [5, 5.41) is 10.7. The molecule has 1 N–H and O–H groups in total. The van der Waals surface area contributed by atoms with E-state index in [0.29, 0.717) is 12.3 Å². The number of hydrogen-bond donors (Lipinski definition) is 1. The van der Waals surface area contributed by atoms with Crippen LogP contribution in [0.1, 0.15) is 50.1 Å². The summed E-state index contributed by atoms with van der Waals surface area (Å²) in [6, 6.07) is 5.06. The molecule has 1 saturated carbocycles. The van der Waals surface area contributed by atoms with E-state index in [1.807, 2.05) is 10.6 Å². The molecule has 0 saturated heterocycles. The molecule has 116 valence electrons. The fourth-order valence-corrected chi connectivity index (χ4v) is 4.17. The van der Waals surface area contributed by atoms with Crippen LogP contribution in [-0.2, 0) is 0 Å². The summed E-state index contributed by atoms with van der Waals surface area (Å²) in [5.74, 6) is 0.179. The third-order valence-corrected chi connectivity index (χ3v) is 5.32. The molecular formula is C18H21FN2O. The molecule has 1 fully saturated rings. The van der Waals surface area contributed by atoms with E-state index in [9.17, 15) is 9.50 Å². The van der Waals surface area contributed by atoms with Crippen molar-refractivity contribution < 1.29 is 9.50 Å². The predicted molar refractivity (Wildman–Crippen MR) is 83.0 cm³/mol. The Morgan fingerprint density at radius 2 is 2.09 bits per heavy atom. The number of fused-ring (bicyclic) bond motifs is 3. The number of nitrogens with zero attached hydrogens (tertiary/aromatic N) is 2. The Bertz CT molecular complexity index is 675. The van der Waals surface area contributed by atoms with Gasteiger partial charge in [-0.1, -0.05) is 31.4 Å². The number of hydrogen-bond acceptors (Lipinski definition) is 2. The molecule has 1 aromatic heterocycles. The van der Waals surface area contributed by atoms with Crippen LogP contribution in [0.15, 0.2) is 30.7 Å². The van der Waals surface area contributed by atoms with Gasteiger partial charge in [0, 0.05) is 11.1 Å². The van der Waals surface area contributed by atoms with E-state index in [0.717, 1.165) is 29.7 Å². The second kappa shape index (κ2) is 5.51. The zero-order valence-corrected chi connectivity index (χ0v) is 12.6. The standard InChI is InChI=1S/C18H21FN2O/c19-14-8-4-7-13-16-10-20-11-21(16)15(18(13)14)9-17(22)12-5-2-1-3-6-12/h4,7-8,10-12,15,17,22H,1-3,5-6,9H2/t15-,17-/m1/s1. The molecule has 0 spiro atoms. The number of aromatic nitrogens is 2. The van der Waals surface area contributed by atoms with Gasteiger partial charge in [0.05, 0.1) is 30.4 Å². The maximum absolute atomic E-state index is 14.4. The Kier molecular flexibility index (Phi) is 3.49. The highest BCUT2D eigenvalue weighted by Crippen LogP contribution is 2.43. The monoisotopic (exact) mass is 300 g/mol. The minimum Gasteiger partial charge on any atom is -0.393 e. The van der Waals surface area contributed by atoms with Crippen molar-refractivity contribution in [1.82, 2.24) is 9.55 Å². The van der Waals surface area contributed by atoms with Gasteiger partial charge in [-0.2, -0.15) is 0 Å². The highest BCUT2D eigenvalue weighted by molar-refractivity contribution is 5.69. The SMILES string of the molecule is O[C@H](C[C@@H]1c2c(F)cccc2-c2cncn21)C1CCCCC1. The molecule has 2 heterocycles. The van der Waals surface area contributed by atoms with E-state index in [1.54, 1.807) is 18.6 Å². The zero-order chi connectivity index (χ0) is 15.1. The fourth-order valence-electron chi connectivity index (χ4n) is 4.17. The summed E-state index contributed by atoms with van der Waals surface area (Å²) in [4.78, 5) is 4.20. The third-order valence-electron chi connectivity index (χ3n) is 5.32. The molecule has 1 aliphatic heterocycles. The quantitative estimate of drug-likeness (QED) is 0.933. The first-order valence-electron chi connectivity index (χ1n) is 8.24. The highest BCUT2D eigenvalue weighted by Gasteiger charge is 2.34. The lowest BCUT2D eigenvalue weighted by atomic mass is 9.82. The molecule has 1 aliphatic carbocycles. The number of benzene rings is 1. The van der Waals surface area contributed by atoms with Gasteiger partial charge in [0.2, 0.25) is 0 Å². The van der Waals surface area contributed by atoms with E-state index < -0.39 is 0 Å². The lowest BCUT2D eigenvalue weighted by molar-refractivity contribution is 0.0683. The van der Waals surface area contributed by atoms with Crippen LogP contribution in [0, 0.1) is 11.7 Å². The van der Waals surface area contributed by atoms with Crippen molar-refractivity contribution in [3.05, 3.63) is 42.1 Å². The minimum absolute atomic E-state index is 0.134. The normalized spacial score (nSPS) is 22.4. The Labute approximate surface area is 129 Å². The van der Waals surface area contributed by atoms with E-state index in [-0.39, 0.29) is 18.0 Å². The molecule has 2 atom stereocenters. The second-order valence-electron chi connectivity index (χ2n) is 6.60. The van der Waals surface area contributed by atoms with Crippen molar-refractivity contribution in [2.24, 2.45) is 5.92 Å². The predicted octanol–water partition coefficient (Wildman–Crippen LogP) is 3.92. The molecule has 4 rings (SSSR count). The van der Waals surface area contributed by atoms with Crippen molar-refractivity contribution in [2.45, 2.75) is 50.7 Å². The van der Waals surface area contributed by atoms with Crippen LogP contribution in [0.2, 0.25) is 0 Å². The van der Waals surface area contributed by atoms with Crippen molar-refractivity contribution in [3.63, 3.8) is 0 Å². The summed E-state index contributed by atoms with van der Waals surface area (Å²) < 4.78 is 16.4. The van der Waals surface area contributed by atoms with Crippen molar-refractivity contribution >= 4 is 0 Å². The molecule has 0 radical (unpaired) electrons. The van der Waals surface area contributed by atoms with Gasteiger partial charge in [0.25, 0.3) is 0 Å². The van der Waals surface area contributed by atoms with Crippen LogP contribution in [0.4, 0.5) is 4.39 Å². The molecule has 0 amide bonds. The molecule has 0 bridgehead atoms. The van der Waals surface area contributed by atoms with E-state index >= 15 is 0 Å². The van der Waals surface area contributed by atoms with Crippen LogP contribution in [0.3, 0.4) is 0 Å². The molecule has 4 heteroatoms.